The molecule has 0 spiro atoms. The van der Waals surface area contributed by atoms with E-state index in [-0.39, 0.29) is 5.91 Å². The van der Waals surface area contributed by atoms with Crippen LogP contribution in [0.5, 0.6) is 0 Å². The molecule has 0 aromatic rings. The van der Waals surface area contributed by atoms with Crippen LogP contribution in [0.3, 0.4) is 0 Å². The van der Waals surface area contributed by atoms with E-state index in [4.69, 9.17) is 0 Å². The van der Waals surface area contributed by atoms with Crippen molar-refractivity contribution in [2.45, 2.75) is 64.0 Å². The minimum absolute atomic E-state index is 0.137. The number of rotatable bonds is 3. The molecule has 2 atom stereocenters. The number of nitrogens with one attached hydrogen (secondary N) is 1. The van der Waals surface area contributed by atoms with E-state index in [0.29, 0.717) is 24.8 Å². The van der Waals surface area contributed by atoms with Gasteiger partial charge >= 0.3 is 0 Å². The molecule has 0 bridgehead atoms. The average molecular weight is 225 g/mol. The van der Waals surface area contributed by atoms with Gasteiger partial charge in [0.25, 0.3) is 5.91 Å². The summed E-state index contributed by atoms with van der Waals surface area (Å²) in [7, 11) is 0. The highest BCUT2D eigenvalue weighted by Gasteiger charge is 2.48. The second kappa shape index (κ2) is 4.36. The van der Waals surface area contributed by atoms with Gasteiger partial charge in [0.15, 0.2) is 0 Å². The Bertz CT molecular complexity index is 271. The molecule has 2 N–H and O–H groups in total. The fourth-order valence-corrected chi connectivity index (χ4v) is 2.63. The molecule has 16 heavy (non-hydrogen) atoms. The Balaban J connectivity index is 1.83. The molecule has 0 aliphatic heterocycles. The Kier molecular flexibility index (Phi) is 3.24. The van der Waals surface area contributed by atoms with Crippen molar-refractivity contribution in [3.63, 3.8) is 0 Å². The van der Waals surface area contributed by atoms with Crippen LogP contribution in [0.1, 0.15) is 52.4 Å². The van der Waals surface area contributed by atoms with E-state index in [0.717, 1.165) is 18.8 Å². The Morgan fingerprint density at radius 1 is 1.38 bits per heavy atom. The van der Waals surface area contributed by atoms with Gasteiger partial charge in [0, 0.05) is 6.04 Å². The second-order valence-corrected chi connectivity index (χ2v) is 5.87. The van der Waals surface area contributed by atoms with Crippen molar-refractivity contribution in [3.8, 4) is 0 Å². The molecule has 2 aliphatic carbocycles. The highest BCUT2D eigenvalue weighted by atomic mass is 16.3. The monoisotopic (exact) mass is 225 g/mol. The molecule has 0 radical (unpaired) electrons. The maximum absolute atomic E-state index is 11.7. The van der Waals surface area contributed by atoms with Crippen molar-refractivity contribution >= 4 is 5.91 Å². The van der Waals surface area contributed by atoms with Gasteiger partial charge in [0.05, 0.1) is 0 Å². The van der Waals surface area contributed by atoms with E-state index in [1.807, 2.05) is 0 Å². The van der Waals surface area contributed by atoms with Crippen LogP contribution in [0.15, 0.2) is 0 Å². The Hall–Kier alpha value is -0.570. The van der Waals surface area contributed by atoms with Gasteiger partial charge in [-0.3, -0.25) is 4.79 Å². The number of hydrogen-bond acceptors (Lipinski definition) is 2. The summed E-state index contributed by atoms with van der Waals surface area (Å²) < 4.78 is 0. The molecule has 3 heteroatoms. The molecular formula is C13H23NO2. The highest BCUT2D eigenvalue weighted by molar-refractivity contribution is 5.87. The minimum Gasteiger partial charge on any atom is -0.380 e. The number of carbonyl (C=O) groups excluding carboxylic acids is 1. The van der Waals surface area contributed by atoms with E-state index in [9.17, 15) is 9.90 Å². The van der Waals surface area contributed by atoms with Crippen molar-refractivity contribution in [1.29, 1.82) is 0 Å². The quantitative estimate of drug-likeness (QED) is 0.770. The van der Waals surface area contributed by atoms with Crippen LogP contribution in [-0.4, -0.2) is 22.7 Å². The first-order chi connectivity index (χ1) is 7.51. The number of aliphatic hydroxyl groups is 1. The highest BCUT2D eigenvalue weighted by Crippen LogP contribution is 2.36. The van der Waals surface area contributed by atoms with Crippen LogP contribution in [0.2, 0.25) is 0 Å². The van der Waals surface area contributed by atoms with Crippen molar-refractivity contribution in [2.24, 2.45) is 11.8 Å². The minimum atomic E-state index is -1.01. The van der Waals surface area contributed by atoms with E-state index >= 15 is 0 Å². The lowest BCUT2D eigenvalue weighted by Crippen LogP contribution is -2.45. The van der Waals surface area contributed by atoms with Crippen molar-refractivity contribution in [3.05, 3.63) is 0 Å². The smallest absolute Gasteiger partial charge is 0.252 e. The zero-order valence-electron chi connectivity index (χ0n) is 10.3. The average Bonchev–Trinajstić information content (AvgIpc) is 2.98. The van der Waals surface area contributed by atoms with Crippen LogP contribution >= 0.6 is 0 Å². The molecule has 0 heterocycles. The molecule has 2 rings (SSSR count). The largest absolute Gasteiger partial charge is 0.380 e. The summed E-state index contributed by atoms with van der Waals surface area (Å²) in [5, 5.41) is 12.7. The fourth-order valence-electron chi connectivity index (χ4n) is 2.63. The summed E-state index contributed by atoms with van der Waals surface area (Å²) in [6, 6.07) is 0.290. The summed E-state index contributed by atoms with van der Waals surface area (Å²) >= 11 is 0. The van der Waals surface area contributed by atoms with Gasteiger partial charge in [0.1, 0.15) is 5.60 Å². The topological polar surface area (TPSA) is 49.3 Å². The molecule has 0 saturated heterocycles. The van der Waals surface area contributed by atoms with Crippen LogP contribution in [0.4, 0.5) is 0 Å². The van der Waals surface area contributed by atoms with Gasteiger partial charge in [0.2, 0.25) is 0 Å². The molecule has 0 aromatic carbocycles. The molecule has 92 valence electrons. The standard InChI is InChI=1S/C13H23NO2/c1-9(2)10-4-3-5-11(8-10)14-12(15)13(16)6-7-13/h9-11,16H,3-8H2,1-2H3,(H,14,15). The lowest BCUT2D eigenvalue weighted by Gasteiger charge is -2.32. The summed E-state index contributed by atoms with van der Waals surface area (Å²) in [6.45, 7) is 4.51. The predicted molar refractivity (Wildman–Crippen MR) is 62.9 cm³/mol. The van der Waals surface area contributed by atoms with Gasteiger partial charge in [-0.05, 0) is 37.5 Å². The van der Waals surface area contributed by atoms with Crippen molar-refractivity contribution in [1.82, 2.24) is 5.32 Å². The first-order valence-electron chi connectivity index (χ1n) is 6.54. The molecule has 2 aliphatic rings. The molecule has 1 amide bonds. The van der Waals surface area contributed by atoms with Gasteiger partial charge in [-0.2, -0.15) is 0 Å². The van der Waals surface area contributed by atoms with Crippen molar-refractivity contribution < 1.29 is 9.90 Å². The van der Waals surface area contributed by atoms with Gasteiger partial charge in [-0.25, -0.2) is 0 Å². The number of hydrogen-bond donors (Lipinski definition) is 2. The van der Waals surface area contributed by atoms with E-state index in [2.05, 4.69) is 19.2 Å². The zero-order chi connectivity index (χ0) is 11.8. The molecule has 0 aromatic heterocycles. The molecule has 2 fully saturated rings. The van der Waals surface area contributed by atoms with Crippen LogP contribution in [0.25, 0.3) is 0 Å². The van der Waals surface area contributed by atoms with Gasteiger partial charge in [-0.15, -0.1) is 0 Å². The summed E-state index contributed by atoms with van der Waals surface area (Å²) in [6.07, 6.45) is 5.92. The number of amides is 1. The predicted octanol–water partition coefficient (Wildman–Crippen LogP) is 1.84. The fraction of sp³-hybridized carbons (Fsp3) is 0.923. The summed E-state index contributed by atoms with van der Waals surface area (Å²) in [5.74, 6) is 1.29. The third-order valence-electron chi connectivity index (χ3n) is 4.14. The zero-order valence-corrected chi connectivity index (χ0v) is 10.3. The number of carbonyl (C=O) groups is 1. The normalized spacial score (nSPS) is 32.5. The maximum atomic E-state index is 11.7. The Morgan fingerprint density at radius 2 is 2.06 bits per heavy atom. The SMILES string of the molecule is CC(C)C1CCCC(NC(=O)C2(O)CC2)C1. The van der Waals surface area contributed by atoms with Crippen molar-refractivity contribution in [2.75, 3.05) is 0 Å². The van der Waals surface area contributed by atoms with Crippen LogP contribution < -0.4 is 5.32 Å². The lowest BCUT2D eigenvalue weighted by molar-refractivity contribution is -0.132. The maximum Gasteiger partial charge on any atom is 0.252 e. The van der Waals surface area contributed by atoms with E-state index < -0.39 is 5.60 Å². The summed E-state index contributed by atoms with van der Waals surface area (Å²) in [4.78, 5) is 11.7. The van der Waals surface area contributed by atoms with Crippen LogP contribution in [-0.2, 0) is 4.79 Å². The molecule has 3 nitrogen and oxygen atoms in total. The van der Waals surface area contributed by atoms with E-state index in [1.165, 1.54) is 12.8 Å². The summed E-state index contributed by atoms with van der Waals surface area (Å²) in [5.41, 5.74) is -1.01. The molecular weight excluding hydrogens is 202 g/mol. The Morgan fingerprint density at radius 3 is 2.62 bits per heavy atom. The van der Waals surface area contributed by atoms with Gasteiger partial charge < -0.3 is 10.4 Å². The first-order valence-corrected chi connectivity index (χ1v) is 6.54. The van der Waals surface area contributed by atoms with E-state index in [1.54, 1.807) is 0 Å². The third-order valence-corrected chi connectivity index (χ3v) is 4.14. The van der Waals surface area contributed by atoms with Crippen LogP contribution in [0, 0.1) is 11.8 Å². The lowest BCUT2D eigenvalue weighted by atomic mass is 9.79. The first kappa shape index (κ1) is 11.9. The molecule has 2 unspecified atom stereocenters. The molecule has 2 saturated carbocycles. The third kappa shape index (κ3) is 2.57. The second-order valence-electron chi connectivity index (χ2n) is 5.87. The Labute approximate surface area is 97.6 Å². The van der Waals surface area contributed by atoms with Gasteiger partial charge in [-0.1, -0.05) is 26.7 Å².